The van der Waals surface area contributed by atoms with Gasteiger partial charge in [-0.1, -0.05) is 403 Å². The van der Waals surface area contributed by atoms with Crippen LogP contribution in [0.3, 0.4) is 0 Å². The van der Waals surface area contributed by atoms with E-state index in [2.05, 4.69) is 224 Å². The van der Waals surface area contributed by atoms with Crippen molar-refractivity contribution in [2.45, 2.75) is 536 Å². The van der Waals surface area contributed by atoms with Crippen LogP contribution in [0.25, 0.3) is 20.9 Å². The van der Waals surface area contributed by atoms with Crippen molar-refractivity contribution >= 4 is 120 Å². The van der Waals surface area contributed by atoms with Crippen molar-refractivity contribution in [1.82, 2.24) is 0 Å². The summed E-state index contributed by atoms with van der Waals surface area (Å²) in [6.45, 7) is 35.1. The van der Waals surface area contributed by atoms with Gasteiger partial charge >= 0.3 is 123 Å². The first-order valence-corrected chi connectivity index (χ1v) is 75.0. The van der Waals surface area contributed by atoms with Crippen molar-refractivity contribution in [3.8, 4) is 43.9 Å². The molecule has 4 nitrogen and oxygen atoms in total. The van der Waals surface area contributed by atoms with Gasteiger partial charge in [-0.15, -0.1) is 22.7 Å². The molecule has 0 aliphatic rings. The number of halogens is 2. The molecule has 0 N–H and O–H groups in total. The van der Waals surface area contributed by atoms with E-state index in [4.69, 9.17) is 17.7 Å². The van der Waals surface area contributed by atoms with Crippen LogP contribution in [0, 0.1) is 0 Å². The van der Waals surface area contributed by atoms with Crippen molar-refractivity contribution in [1.29, 1.82) is 0 Å². The zero-order chi connectivity index (χ0) is 88.8. The molecule has 0 saturated heterocycles. The fourth-order valence-corrected chi connectivity index (χ4v) is 59.0. The molecular formula is C108H196Br2O4S3Si4Sn. The van der Waals surface area contributed by atoms with E-state index in [-0.39, 0.29) is 0 Å². The molecule has 0 amide bonds. The fraction of sp³-hybridized carbons (Fsp3) is 0.778. The molecule has 0 bridgehead atoms. The average Bonchev–Trinajstić information content (AvgIpc) is 1.36. The van der Waals surface area contributed by atoms with Crippen LogP contribution in [0.5, 0.6) is 23.0 Å². The molecule has 0 aliphatic heterocycles. The zero-order valence-corrected chi connectivity index (χ0v) is 95.4. The molecule has 122 heavy (non-hydrogen) atoms. The first-order valence-electron chi connectivity index (χ1n) is 53.2. The van der Waals surface area contributed by atoms with Crippen LogP contribution in [-0.2, 0) is 0 Å². The topological polar surface area (TPSA) is 36.9 Å². The molecule has 0 aliphatic carbocycles. The maximum atomic E-state index is 7.90. The molecular weight excluding hydrogens is 1850 g/mol. The summed E-state index contributed by atoms with van der Waals surface area (Å²) in [5, 5.41) is 6.82. The Hall–Kier alpha value is -0.634. The van der Waals surface area contributed by atoms with E-state index in [1.54, 1.807) is 13.3 Å². The van der Waals surface area contributed by atoms with Gasteiger partial charge in [0.2, 0.25) is 0 Å². The minimum atomic E-state index is -2.10. The molecule has 0 unspecified atom stereocenters. The van der Waals surface area contributed by atoms with Crippen LogP contribution in [0.2, 0.25) is 85.8 Å². The molecule has 0 radical (unpaired) electrons. The summed E-state index contributed by atoms with van der Waals surface area (Å²) in [5.74, 6) is 4.42. The van der Waals surface area contributed by atoms with Crippen LogP contribution in [0.15, 0.2) is 85.7 Å². The van der Waals surface area contributed by atoms with E-state index in [1.807, 2.05) is 25.6 Å². The van der Waals surface area contributed by atoms with Gasteiger partial charge in [0.25, 0.3) is 33.3 Å². The number of rotatable bonds is 80. The molecule has 3 aromatic heterocycles. The summed E-state index contributed by atoms with van der Waals surface area (Å²) < 4.78 is 39.5. The monoisotopic (exact) mass is 2040 g/mol. The predicted molar refractivity (Wildman–Crippen MR) is 577 cm³/mol. The summed E-state index contributed by atoms with van der Waals surface area (Å²) in [6.07, 6.45) is 72.1. The molecule has 5 rings (SSSR count). The van der Waals surface area contributed by atoms with Gasteiger partial charge in [-0.2, -0.15) is 0 Å². The van der Waals surface area contributed by atoms with Gasteiger partial charge in [-0.05, 0) is 152 Å². The number of thiophene rings is 3. The van der Waals surface area contributed by atoms with Crippen LogP contribution in [0.4, 0.5) is 0 Å². The van der Waals surface area contributed by atoms with Gasteiger partial charge < -0.3 is 17.7 Å². The van der Waals surface area contributed by atoms with Gasteiger partial charge in [-0.25, -0.2) is 0 Å². The molecule has 0 saturated carbocycles. The van der Waals surface area contributed by atoms with E-state index in [0.29, 0.717) is 0 Å². The third-order valence-electron chi connectivity index (χ3n) is 26.8. The first-order chi connectivity index (χ1) is 59.6. The quantitative estimate of drug-likeness (QED) is 0.0287. The van der Waals surface area contributed by atoms with E-state index < -0.39 is 51.6 Å². The first kappa shape index (κ1) is 116. The van der Waals surface area contributed by atoms with Gasteiger partial charge in [-0.3, -0.25) is 0 Å². The molecule has 14 heteroatoms. The van der Waals surface area contributed by atoms with Crippen LogP contribution in [0.1, 0.15) is 451 Å². The molecule has 5 aromatic rings. The Bertz CT molecular complexity index is 2830. The molecule has 3 heterocycles. The predicted octanol–water partition coefficient (Wildman–Crippen LogP) is 42.4. The second-order valence-corrected chi connectivity index (χ2v) is 72.9. The molecule has 0 fully saturated rings. The van der Waals surface area contributed by atoms with Gasteiger partial charge in [0, 0.05) is 20.9 Å². The van der Waals surface area contributed by atoms with Gasteiger partial charge in [0.15, 0.2) is 0 Å². The minimum absolute atomic E-state index is 1.06. The van der Waals surface area contributed by atoms with Crippen molar-refractivity contribution in [3.63, 3.8) is 0 Å². The molecule has 0 atom stereocenters. The third kappa shape index (κ3) is 48.7. The Labute approximate surface area is 796 Å². The second kappa shape index (κ2) is 74.9. The number of hydrogen-bond donors (Lipinski definition) is 0. The van der Waals surface area contributed by atoms with Crippen LogP contribution < -0.4 is 20.6 Å². The fourth-order valence-electron chi connectivity index (χ4n) is 19.0. The Morgan fingerprint density at radius 3 is 0.607 bits per heavy atom. The van der Waals surface area contributed by atoms with Gasteiger partial charge in [0.1, 0.15) is 23.0 Å². The summed E-state index contributed by atoms with van der Waals surface area (Å²) in [5.41, 5.74) is 2.57. The second-order valence-electron chi connectivity index (χ2n) is 37.9. The standard InChI is InChI=1S/C50H86O2S2Si2.C42H80Br2O2Si2.C4H3S.3C4H9.Sn/c1-7-13-19-25-37-55(38-26-20-14-8-2,39-27-21-15-9-3)51-47-43-46(50-34-32-36-54-50)48(44-45(47)49-33-31-35-53-49)52-56(40-28-22-16-10-4,41-29-23-17-11-5)42-30-24-18-12-6;1-7-13-19-25-31-47(32-26-20-14-8-2,33-27-21-15-9-3)45-41-37-40(44)42(38-39(41)43)46-48(34-28-22-16-10-4,35-29-23-17-11-5)36-30-24-18-12-6;1-2-4-5-3-1;3*1-3-4-2;/h31-36,43-44H,7-30,37-42H2,1-6H3;37-38H,7-36H2,1-6H3;1-3H;3*1,3-4H2,2H3;. The number of unbranched alkanes of at least 4 members (excludes halogenated alkanes) is 39. The molecule has 704 valence electrons. The van der Waals surface area contributed by atoms with Crippen molar-refractivity contribution < 1.29 is 17.7 Å². The SMILES string of the molecule is CCCCCC[Si](CCCCCC)(CCCCCC)Oc1cc(-c2cccs2)c(O[Si](CCCCCC)(CCCCCC)CCCCCC)cc1-c1cccs1.CCCCCC[Si](CCCCCC)(CCCCCC)Oc1cc(Br)c(O[Si](CCCCCC)(CCCCCC)CCCCCC)cc1Br.CCC[CH2][Sn]([CH2]CCC)([CH2]CCC)[c]1cccs1. The Kier molecular flexibility index (Phi) is 70.9. The normalized spacial score (nSPS) is 12.1. The summed E-state index contributed by atoms with van der Waals surface area (Å²) in [4.78, 5) is 2.66. The van der Waals surface area contributed by atoms with E-state index in [9.17, 15) is 0 Å². The molecule has 0 spiro atoms. The average molecular weight is 2050 g/mol. The molecule has 2 aromatic carbocycles. The van der Waals surface area contributed by atoms with Crippen molar-refractivity contribution in [2.75, 3.05) is 0 Å². The maximum absolute atomic E-state index is 7.90. The Morgan fingerprint density at radius 2 is 0.426 bits per heavy atom. The van der Waals surface area contributed by atoms with E-state index >= 15 is 0 Å². The summed E-state index contributed by atoms with van der Waals surface area (Å²) in [7, 11) is -8.13. The zero-order valence-electron chi connectivity index (χ0n) is 82.9. The third-order valence-corrected chi connectivity index (χ3v) is 67.0. The summed E-state index contributed by atoms with van der Waals surface area (Å²) >= 11 is 11.9. The Balaban J connectivity index is 0.000000527. The van der Waals surface area contributed by atoms with Gasteiger partial charge in [0.05, 0.1) is 8.95 Å². The number of benzene rings is 2. The van der Waals surface area contributed by atoms with Crippen LogP contribution in [-0.4, -0.2) is 51.6 Å². The van der Waals surface area contributed by atoms with Crippen molar-refractivity contribution in [2.24, 2.45) is 0 Å². The number of hydrogen-bond acceptors (Lipinski definition) is 7. The van der Waals surface area contributed by atoms with E-state index in [1.165, 1.54) is 440 Å². The summed E-state index contributed by atoms with van der Waals surface area (Å²) in [6, 6.07) is 39.0. The Morgan fingerprint density at radius 1 is 0.230 bits per heavy atom. The van der Waals surface area contributed by atoms with E-state index in [0.717, 1.165) is 31.9 Å². The van der Waals surface area contributed by atoms with Crippen LogP contribution >= 0.6 is 65.9 Å². The van der Waals surface area contributed by atoms with Crippen molar-refractivity contribution in [3.05, 3.63) is 85.7 Å².